The lowest BCUT2D eigenvalue weighted by Gasteiger charge is -2.46. The van der Waals surface area contributed by atoms with Crippen LogP contribution in [0.5, 0.6) is 0 Å². The Hall–Kier alpha value is -0.810. The van der Waals surface area contributed by atoms with Crippen molar-refractivity contribution in [2.24, 2.45) is 0 Å². The van der Waals surface area contributed by atoms with E-state index in [1.807, 2.05) is 34.6 Å². The van der Waals surface area contributed by atoms with Crippen LogP contribution in [0.2, 0.25) is 0 Å². The van der Waals surface area contributed by atoms with Crippen LogP contribution < -0.4 is 0 Å². The standard InChI is InChI=1S/C12H23NO4/c1-11(2,3)17-10(15)13-6-7-16-9(8-14)12(13,4)5/h9,14H,6-8H2,1-5H3/t9-/m1/s1. The van der Waals surface area contributed by atoms with E-state index in [-0.39, 0.29) is 18.8 Å². The van der Waals surface area contributed by atoms with Crippen LogP contribution in [0.1, 0.15) is 34.6 Å². The first-order valence-electron chi connectivity index (χ1n) is 5.91. The number of ether oxygens (including phenoxy) is 2. The van der Waals surface area contributed by atoms with Gasteiger partial charge in [0.25, 0.3) is 0 Å². The summed E-state index contributed by atoms with van der Waals surface area (Å²) in [5, 5.41) is 9.25. The van der Waals surface area contributed by atoms with E-state index in [0.717, 1.165) is 0 Å². The number of amides is 1. The quantitative estimate of drug-likeness (QED) is 0.758. The van der Waals surface area contributed by atoms with Crippen LogP contribution in [-0.4, -0.2) is 53.1 Å². The lowest BCUT2D eigenvalue weighted by molar-refractivity contribution is -0.125. The van der Waals surface area contributed by atoms with Crippen LogP contribution in [-0.2, 0) is 9.47 Å². The monoisotopic (exact) mass is 245 g/mol. The van der Waals surface area contributed by atoms with Gasteiger partial charge in [0.15, 0.2) is 0 Å². The maximum absolute atomic E-state index is 12.1. The lowest BCUT2D eigenvalue weighted by Crippen LogP contribution is -2.62. The highest BCUT2D eigenvalue weighted by Gasteiger charge is 2.43. The minimum Gasteiger partial charge on any atom is -0.444 e. The minimum absolute atomic E-state index is 0.105. The Balaban J connectivity index is 2.78. The zero-order chi connectivity index (χ0) is 13.3. The molecule has 0 aromatic rings. The molecule has 5 nitrogen and oxygen atoms in total. The van der Waals surface area contributed by atoms with E-state index in [9.17, 15) is 9.90 Å². The van der Waals surface area contributed by atoms with Crippen LogP contribution in [0.15, 0.2) is 0 Å². The number of aliphatic hydroxyl groups excluding tert-OH is 1. The fourth-order valence-electron chi connectivity index (χ4n) is 1.87. The van der Waals surface area contributed by atoms with Crippen molar-refractivity contribution in [3.05, 3.63) is 0 Å². The smallest absolute Gasteiger partial charge is 0.410 e. The van der Waals surface area contributed by atoms with Crippen molar-refractivity contribution in [1.82, 2.24) is 4.90 Å². The zero-order valence-corrected chi connectivity index (χ0v) is 11.3. The molecular weight excluding hydrogens is 222 g/mol. The summed E-state index contributed by atoms with van der Waals surface area (Å²) in [5.74, 6) is 0. The van der Waals surface area contributed by atoms with Gasteiger partial charge < -0.3 is 14.6 Å². The molecule has 17 heavy (non-hydrogen) atoms. The number of carbonyl (C=O) groups is 1. The third-order valence-corrected chi connectivity index (χ3v) is 2.90. The maximum atomic E-state index is 12.1. The summed E-state index contributed by atoms with van der Waals surface area (Å²) in [6.45, 7) is 10.1. The highest BCUT2D eigenvalue weighted by Crippen LogP contribution is 2.27. The van der Waals surface area contributed by atoms with Crippen molar-refractivity contribution in [2.45, 2.75) is 51.9 Å². The van der Waals surface area contributed by atoms with E-state index in [4.69, 9.17) is 9.47 Å². The summed E-state index contributed by atoms with van der Waals surface area (Å²) in [5.41, 5.74) is -1.07. The maximum Gasteiger partial charge on any atom is 0.410 e. The number of nitrogens with zero attached hydrogens (tertiary/aromatic N) is 1. The average Bonchev–Trinajstić information content (AvgIpc) is 2.13. The predicted octanol–water partition coefficient (Wildman–Crippen LogP) is 1.39. The molecule has 0 spiro atoms. The molecule has 1 heterocycles. The minimum atomic E-state index is -0.560. The van der Waals surface area contributed by atoms with E-state index in [1.54, 1.807) is 4.90 Å². The van der Waals surface area contributed by atoms with Crippen LogP contribution in [0.3, 0.4) is 0 Å². The van der Waals surface area contributed by atoms with Gasteiger partial charge in [-0.25, -0.2) is 4.79 Å². The van der Waals surface area contributed by atoms with Crippen molar-refractivity contribution >= 4 is 6.09 Å². The SMILES string of the molecule is CC(C)(C)OC(=O)N1CCO[C@H](CO)C1(C)C. The number of rotatable bonds is 1. The van der Waals surface area contributed by atoms with E-state index in [0.29, 0.717) is 13.2 Å². The van der Waals surface area contributed by atoms with Crippen molar-refractivity contribution < 1.29 is 19.4 Å². The Morgan fingerprint density at radius 3 is 2.59 bits per heavy atom. The fraction of sp³-hybridized carbons (Fsp3) is 0.917. The first-order chi connectivity index (χ1) is 7.68. The molecule has 5 heteroatoms. The van der Waals surface area contributed by atoms with Crippen LogP contribution >= 0.6 is 0 Å². The number of hydrogen-bond donors (Lipinski definition) is 1. The summed E-state index contributed by atoms with van der Waals surface area (Å²) in [6, 6.07) is 0. The summed E-state index contributed by atoms with van der Waals surface area (Å²) < 4.78 is 10.8. The first kappa shape index (κ1) is 14.3. The molecule has 0 aromatic carbocycles. The summed E-state index contributed by atoms with van der Waals surface area (Å²) >= 11 is 0. The molecule has 1 aliphatic rings. The van der Waals surface area contributed by atoms with Gasteiger partial charge in [-0.3, -0.25) is 4.90 Å². The predicted molar refractivity (Wildman–Crippen MR) is 63.8 cm³/mol. The molecule has 0 radical (unpaired) electrons. The molecule has 1 aliphatic heterocycles. The summed E-state index contributed by atoms with van der Waals surface area (Å²) in [6.07, 6.45) is -0.729. The Morgan fingerprint density at radius 2 is 2.12 bits per heavy atom. The van der Waals surface area contributed by atoms with Gasteiger partial charge in [0, 0.05) is 6.54 Å². The topological polar surface area (TPSA) is 59.0 Å². The Bertz CT molecular complexity index is 283. The molecule has 1 atom stereocenters. The molecule has 1 fully saturated rings. The molecule has 0 saturated carbocycles. The second kappa shape index (κ2) is 4.82. The number of morpholine rings is 1. The molecule has 0 bridgehead atoms. The van der Waals surface area contributed by atoms with Gasteiger partial charge in [0.1, 0.15) is 11.7 Å². The van der Waals surface area contributed by atoms with Crippen molar-refractivity contribution in [1.29, 1.82) is 0 Å². The number of hydrogen-bond acceptors (Lipinski definition) is 4. The zero-order valence-electron chi connectivity index (χ0n) is 11.3. The van der Waals surface area contributed by atoms with Crippen molar-refractivity contribution in [2.75, 3.05) is 19.8 Å². The molecule has 0 aliphatic carbocycles. The van der Waals surface area contributed by atoms with Gasteiger partial charge in [0.2, 0.25) is 0 Å². The number of carbonyl (C=O) groups excluding carboxylic acids is 1. The first-order valence-corrected chi connectivity index (χ1v) is 5.91. The lowest BCUT2D eigenvalue weighted by atomic mass is 9.94. The highest BCUT2D eigenvalue weighted by atomic mass is 16.6. The summed E-state index contributed by atoms with van der Waals surface area (Å²) in [7, 11) is 0. The van der Waals surface area contributed by atoms with Gasteiger partial charge in [0.05, 0.1) is 18.8 Å². The Labute approximate surface area is 103 Å². The molecular formula is C12H23NO4. The van der Waals surface area contributed by atoms with E-state index in [2.05, 4.69) is 0 Å². The van der Waals surface area contributed by atoms with Gasteiger partial charge in [-0.05, 0) is 34.6 Å². The Kier molecular flexibility index (Phi) is 4.04. The van der Waals surface area contributed by atoms with Crippen molar-refractivity contribution in [3.8, 4) is 0 Å². The number of aliphatic hydroxyl groups is 1. The third kappa shape index (κ3) is 3.33. The van der Waals surface area contributed by atoms with Crippen LogP contribution in [0.4, 0.5) is 4.79 Å². The molecule has 0 aromatic heterocycles. The normalized spacial score (nSPS) is 24.6. The van der Waals surface area contributed by atoms with E-state index in [1.165, 1.54) is 0 Å². The third-order valence-electron chi connectivity index (χ3n) is 2.90. The van der Waals surface area contributed by atoms with Crippen LogP contribution in [0.25, 0.3) is 0 Å². The fourth-order valence-corrected chi connectivity index (χ4v) is 1.87. The molecule has 100 valence electrons. The largest absolute Gasteiger partial charge is 0.444 e. The van der Waals surface area contributed by atoms with Gasteiger partial charge in [-0.15, -0.1) is 0 Å². The second-order valence-corrected chi connectivity index (χ2v) is 5.83. The molecule has 0 unspecified atom stereocenters. The van der Waals surface area contributed by atoms with E-state index >= 15 is 0 Å². The Morgan fingerprint density at radius 1 is 1.53 bits per heavy atom. The van der Waals surface area contributed by atoms with Gasteiger partial charge in [-0.1, -0.05) is 0 Å². The molecule has 1 N–H and O–H groups in total. The summed E-state index contributed by atoms with van der Waals surface area (Å²) in [4.78, 5) is 13.7. The van der Waals surface area contributed by atoms with Gasteiger partial charge in [-0.2, -0.15) is 0 Å². The molecule has 1 rings (SSSR count). The molecule has 1 saturated heterocycles. The van der Waals surface area contributed by atoms with Crippen LogP contribution in [0, 0.1) is 0 Å². The second-order valence-electron chi connectivity index (χ2n) is 5.83. The van der Waals surface area contributed by atoms with Gasteiger partial charge >= 0.3 is 6.09 Å². The molecule has 1 amide bonds. The average molecular weight is 245 g/mol. The highest BCUT2D eigenvalue weighted by molar-refractivity contribution is 5.69. The van der Waals surface area contributed by atoms with Crippen molar-refractivity contribution in [3.63, 3.8) is 0 Å². The van der Waals surface area contributed by atoms with E-state index < -0.39 is 11.1 Å².